The van der Waals surface area contributed by atoms with E-state index in [1.54, 1.807) is 6.07 Å². The lowest BCUT2D eigenvalue weighted by atomic mass is 9.95. The molecule has 0 aliphatic rings. The molecule has 1 N–H and O–H groups in total. The Morgan fingerprint density at radius 1 is 0.583 bits per heavy atom. The smallest absolute Gasteiger partial charge is 0.282 e. The quantitative estimate of drug-likeness (QED) is 0.133. The molecule has 0 aliphatic heterocycles. The number of rotatable bonds is 21. The maximum Gasteiger partial charge on any atom is 0.295 e. The summed E-state index contributed by atoms with van der Waals surface area (Å²) in [4.78, 5) is 0.0693. The zero-order valence-electron chi connectivity index (χ0n) is 23.2. The van der Waals surface area contributed by atoms with Crippen LogP contribution in [0, 0.1) is 0 Å². The molecular weight excluding hydrogens is 464 g/mol. The fraction of sp³-hybridized carbons (Fsp3) is 0.688. The second kappa shape index (κ2) is 18.0. The first-order chi connectivity index (χ1) is 17.5. The normalized spacial score (nSPS) is 12.0. The van der Waals surface area contributed by atoms with Gasteiger partial charge in [-0.25, -0.2) is 0 Å². The highest BCUT2D eigenvalue weighted by molar-refractivity contribution is 7.86. The summed E-state index contributed by atoms with van der Waals surface area (Å²) in [5.74, 6) is 0. The van der Waals surface area contributed by atoms with Crippen LogP contribution in [0.3, 0.4) is 0 Å². The van der Waals surface area contributed by atoms with Crippen molar-refractivity contribution in [3.63, 3.8) is 0 Å². The van der Waals surface area contributed by atoms with Gasteiger partial charge in [-0.3, -0.25) is 4.55 Å². The summed E-state index contributed by atoms with van der Waals surface area (Å²) in [6.45, 7) is 4.51. The van der Waals surface area contributed by atoms with Gasteiger partial charge in [0.2, 0.25) is 0 Å². The van der Waals surface area contributed by atoms with Crippen molar-refractivity contribution in [2.24, 2.45) is 0 Å². The molecule has 0 aromatic heterocycles. The van der Waals surface area contributed by atoms with Crippen LogP contribution in [0.4, 0.5) is 0 Å². The lowest BCUT2D eigenvalue weighted by Crippen LogP contribution is -2.02. The predicted molar refractivity (Wildman–Crippen MR) is 156 cm³/mol. The zero-order chi connectivity index (χ0) is 26.1. The molecule has 2 aromatic rings. The predicted octanol–water partition coefficient (Wildman–Crippen LogP) is 10.2. The summed E-state index contributed by atoms with van der Waals surface area (Å²) in [6, 6.07) is 9.77. The van der Waals surface area contributed by atoms with E-state index < -0.39 is 10.1 Å². The van der Waals surface area contributed by atoms with Crippen molar-refractivity contribution in [2.45, 2.75) is 147 Å². The molecule has 0 fully saturated rings. The molecule has 0 spiro atoms. The Labute approximate surface area is 222 Å². The summed E-state index contributed by atoms with van der Waals surface area (Å²) in [5, 5.41) is 1.65. The number of benzene rings is 2. The Morgan fingerprint density at radius 2 is 1.06 bits per heavy atom. The standard InChI is InChI=1S/C32H52O3S/c1-3-5-7-9-11-13-15-17-19-22-28-26-31-29(23-20-18-16-14-12-10-8-6-4-2)24-21-25-30(31)32(27-28)36(33,34)35/h21,24-27H,3-20,22-23H2,1-2H3,(H,33,34,35). The minimum atomic E-state index is -4.26. The van der Waals surface area contributed by atoms with Gasteiger partial charge in [0, 0.05) is 5.39 Å². The molecule has 0 saturated heterocycles. The van der Waals surface area contributed by atoms with Crippen LogP contribution in [0.15, 0.2) is 35.2 Å². The number of fused-ring (bicyclic) bond motifs is 1. The highest BCUT2D eigenvalue weighted by Crippen LogP contribution is 2.30. The summed E-state index contributed by atoms with van der Waals surface area (Å²) in [5.41, 5.74) is 2.23. The fourth-order valence-electron chi connectivity index (χ4n) is 5.31. The van der Waals surface area contributed by atoms with E-state index in [1.165, 1.54) is 108 Å². The van der Waals surface area contributed by atoms with Crippen LogP contribution >= 0.6 is 0 Å². The third-order valence-electron chi connectivity index (χ3n) is 7.50. The van der Waals surface area contributed by atoms with E-state index in [4.69, 9.17) is 0 Å². The van der Waals surface area contributed by atoms with Gasteiger partial charge in [-0.05, 0) is 48.3 Å². The third kappa shape index (κ3) is 11.8. The van der Waals surface area contributed by atoms with Gasteiger partial charge in [0.15, 0.2) is 0 Å². The van der Waals surface area contributed by atoms with Gasteiger partial charge in [0.25, 0.3) is 10.1 Å². The fourth-order valence-corrected chi connectivity index (χ4v) is 6.07. The van der Waals surface area contributed by atoms with Gasteiger partial charge < -0.3 is 0 Å². The molecule has 0 saturated carbocycles. The van der Waals surface area contributed by atoms with Gasteiger partial charge >= 0.3 is 0 Å². The minimum absolute atomic E-state index is 0.0693. The molecule has 0 heterocycles. The van der Waals surface area contributed by atoms with E-state index in [9.17, 15) is 13.0 Å². The highest BCUT2D eigenvalue weighted by Gasteiger charge is 2.17. The molecule has 2 aromatic carbocycles. The van der Waals surface area contributed by atoms with E-state index in [0.29, 0.717) is 5.39 Å². The van der Waals surface area contributed by atoms with E-state index >= 15 is 0 Å². The van der Waals surface area contributed by atoms with Crippen molar-refractivity contribution in [1.82, 2.24) is 0 Å². The van der Waals surface area contributed by atoms with Crippen LogP contribution in [0.1, 0.15) is 141 Å². The molecular formula is C32H52O3S. The van der Waals surface area contributed by atoms with Crippen molar-refractivity contribution in [3.8, 4) is 0 Å². The van der Waals surface area contributed by atoms with E-state index in [-0.39, 0.29) is 4.90 Å². The first-order valence-corrected chi connectivity index (χ1v) is 16.4. The van der Waals surface area contributed by atoms with E-state index in [0.717, 1.165) is 36.6 Å². The minimum Gasteiger partial charge on any atom is -0.282 e. The van der Waals surface area contributed by atoms with Crippen LogP contribution in [0.2, 0.25) is 0 Å². The molecule has 0 unspecified atom stereocenters. The lowest BCUT2D eigenvalue weighted by Gasteiger charge is -2.13. The second-order valence-corrected chi connectivity index (χ2v) is 12.1. The lowest BCUT2D eigenvalue weighted by molar-refractivity contribution is 0.484. The largest absolute Gasteiger partial charge is 0.295 e. The Bertz CT molecular complexity index is 965. The van der Waals surface area contributed by atoms with Gasteiger partial charge in [-0.1, -0.05) is 141 Å². The Morgan fingerprint density at radius 3 is 1.56 bits per heavy atom. The van der Waals surface area contributed by atoms with Crippen molar-refractivity contribution in [1.29, 1.82) is 0 Å². The number of aryl methyl sites for hydroxylation is 2. The molecule has 2 rings (SSSR count). The van der Waals surface area contributed by atoms with Crippen molar-refractivity contribution < 1.29 is 13.0 Å². The van der Waals surface area contributed by atoms with E-state index in [1.807, 2.05) is 12.1 Å². The molecule has 4 heteroatoms. The SMILES string of the molecule is CCCCCCCCCCCc1cc(S(=O)(=O)O)c2cccc(CCCCCCCCCCC)c2c1. The number of unbranched alkanes of at least 4 members (excludes halogenated alkanes) is 16. The Kier molecular flexibility index (Phi) is 15.4. The van der Waals surface area contributed by atoms with Gasteiger partial charge in [0.05, 0.1) is 0 Å². The third-order valence-corrected chi connectivity index (χ3v) is 8.40. The first-order valence-electron chi connectivity index (χ1n) is 15.0. The molecule has 36 heavy (non-hydrogen) atoms. The van der Waals surface area contributed by atoms with Crippen LogP contribution in [0.25, 0.3) is 10.8 Å². The van der Waals surface area contributed by atoms with Crippen molar-refractivity contribution in [2.75, 3.05) is 0 Å². The van der Waals surface area contributed by atoms with Crippen LogP contribution in [0.5, 0.6) is 0 Å². The summed E-state index contributed by atoms with van der Waals surface area (Å²) in [7, 11) is -4.26. The topological polar surface area (TPSA) is 54.4 Å². The maximum absolute atomic E-state index is 12.2. The van der Waals surface area contributed by atoms with Crippen LogP contribution in [-0.2, 0) is 23.0 Å². The Hall–Kier alpha value is -1.39. The molecule has 0 atom stereocenters. The van der Waals surface area contributed by atoms with Gasteiger partial charge in [-0.15, -0.1) is 0 Å². The molecule has 0 amide bonds. The summed E-state index contributed by atoms with van der Waals surface area (Å²) >= 11 is 0. The van der Waals surface area contributed by atoms with Crippen LogP contribution in [-0.4, -0.2) is 13.0 Å². The summed E-state index contributed by atoms with van der Waals surface area (Å²) < 4.78 is 34.4. The Balaban J connectivity index is 1.92. The average molecular weight is 517 g/mol. The highest BCUT2D eigenvalue weighted by atomic mass is 32.2. The number of hydrogen-bond acceptors (Lipinski definition) is 2. The molecule has 0 bridgehead atoms. The number of hydrogen-bond donors (Lipinski definition) is 1. The first kappa shape index (κ1) is 30.8. The monoisotopic (exact) mass is 516 g/mol. The molecule has 0 radical (unpaired) electrons. The zero-order valence-corrected chi connectivity index (χ0v) is 24.0. The second-order valence-electron chi connectivity index (χ2n) is 10.7. The van der Waals surface area contributed by atoms with Crippen LogP contribution < -0.4 is 0 Å². The molecule has 3 nitrogen and oxygen atoms in total. The van der Waals surface area contributed by atoms with Crippen molar-refractivity contribution in [3.05, 3.63) is 41.5 Å². The molecule has 0 aliphatic carbocycles. The van der Waals surface area contributed by atoms with Crippen molar-refractivity contribution >= 4 is 20.9 Å². The maximum atomic E-state index is 12.2. The van der Waals surface area contributed by atoms with E-state index in [2.05, 4.69) is 26.0 Å². The summed E-state index contributed by atoms with van der Waals surface area (Å²) in [6.07, 6.45) is 24.9. The van der Waals surface area contributed by atoms with Gasteiger partial charge in [-0.2, -0.15) is 8.42 Å². The van der Waals surface area contributed by atoms with Gasteiger partial charge in [0.1, 0.15) is 4.90 Å². The average Bonchev–Trinajstić information content (AvgIpc) is 2.86. The molecule has 204 valence electrons.